The van der Waals surface area contributed by atoms with Crippen LogP contribution in [0.5, 0.6) is 11.5 Å². The summed E-state index contributed by atoms with van der Waals surface area (Å²) in [5, 5.41) is 7.67. The summed E-state index contributed by atoms with van der Waals surface area (Å²) in [6.45, 7) is 7.07. The van der Waals surface area contributed by atoms with Gasteiger partial charge in [-0.25, -0.2) is 0 Å². The largest absolute Gasteiger partial charge is 0.493 e. The fourth-order valence-electron chi connectivity index (χ4n) is 3.32. The molecule has 0 fully saturated rings. The van der Waals surface area contributed by atoms with E-state index in [1.807, 2.05) is 18.2 Å². The zero-order chi connectivity index (χ0) is 20.8. The van der Waals surface area contributed by atoms with Crippen molar-refractivity contribution in [3.05, 3.63) is 59.5 Å². The summed E-state index contributed by atoms with van der Waals surface area (Å²) in [7, 11) is 3.21. The van der Waals surface area contributed by atoms with E-state index in [9.17, 15) is 0 Å². The van der Waals surface area contributed by atoms with Crippen LogP contribution in [0, 0.1) is 5.92 Å². The van der Waals surface area contributed by atoms with Crippen LogP contribution in [0.25, 0.3) is 11.4 Å². The molecule has 1 N–H and O–H groups in total. The van der Waals surface area contributed by atoms with Crippen molar-refractivity contribution in [2.24, 2.45) is 5.92 Å². The minimum atomic E-state index is 0.206. The van der Waals surface area contributed by atoms with Crippen LogP contribution in [0.2, 0.25) is 0 Å². The Kier molecular flexibility index (Phi) is 6.88. The summed E-state index contributed by atoms with van der Waals surface area (Å²) in [6.07, 6.45) is 1.04. The van der Waals surface area contributed by atoms with Crippen LogP contribution in [0.15, 0.2) is 47.0 Å². The predicted molar refractivity (Wildman–Crippen MR) is 113 cm³/mol. The van der Waals surface area contributed by atoms with Crippen molar-refractivity contribution in [2.45, 2.75) is 39.8 Å². The van der Waals surface area contributed by atoms with Gasteiger partial charge >= 0.3 is 0 Å². The SMILES string of the molecule is CCc1ccc(C(NCc2nc(-c3ccc(OC)c(OC)c3)no2)C(C)C)cc1. The second-order valence-corrected chi connectivity index (χ2v) is 7.28. The highest BCUT2D eigenvalue weighted by molar-refractivity contribution is 5.60. The Labute approximate surface area is 172 Å². The molecule has 0 radical (unpaired) electrons. The van der Waals surface area contributed by atoms with Gasteiger partial charge in [0.15, 0.2) is 11.5 Å². The van der Waals surface area contributed by atoms with Gasteiger partial charge in [-0.15, -0.1) is 0 Å². The molecular formula is C23H29N3O3. The molecule has 6 nitrogen and oxygen atoms in total. The minimum Gasteiger partial charge on any atom is -0.493 e. The molecule has 3 rings (SSSR count). The number of benzene rings is 2. The molecule has 1 heterocycles. The van der Waals surface area contributed by atoms with Gasteiger partial charge in [-0.3, -0.25) is 0 Å². The fraction of sp³-hybridized carbons (Fsp3) is 0.391. The van der Waals surface area contributed by atoms with E-state index in [1.165, 1.54) is 11.1 Å². The van der Waals surface area contributed by atoms with E-state index in [0.717, 1.165) is 12.0 Å². The summed E-state index contributed by atoms with van der Waals surface area (Å²) < 4.78 is 16.1. The summed E-state index contributed by atoms with van der Waals surface area (Å²) in [6, 6.07) is 14.5. The molecule has 2 aromatic carbocycles. The predicted octanol–water partition coefficient (Wildman–Crippen LogP) is 4.80. The molecule has 0 aliphatic heterocycles. The van der Waals surface area contributed by atoms with Crippen molar-refractivity contribution < 1.29 is 14.0 Å². The number of rotatable bonds is 9. The van der Waals surface area contributed by atoms with E-state index < -0.39 is 0 Å². The van der Waals surface area contributed by atoms with Crippen LogP contribution in [0.3, 0.4) is 0 Å². The molecule has 154 valence electrons. The number of methoxy groups -OCH3 is 2. The second-order valence-electron chi connectivity index (χ2n) is 7.28. The van der Waals surface area contributed by atoms with Crippen LogP contribution >= 0.6 is 0 Å². The van der Waals surface area contributed by atoms with Crippen LogP contribution in [0.4, 0.5) is 0 Å². The summed E-state index contributed by atoms with van der Waals surface area (Å²) >= 11 is 0. The Morgan fingerprint density at radius 3 is 2.34 bits per heavy atom. The minimum absolute atomic E-state index is 0.206. The van der Waals surface area contributed by atoms with Crippen LogP contribution in [-0.4, -0.2) is 24.4 Å². The highest BCUT2D eigenvalue weighted by atomic mass is 16.5. The number of aryl methyl sites for hydroxylation is 1. The van der Waals surface area contributed by atoms with Crippen molar-refractivity contribution in [2.75, 3.05) is 14.2 Å². The average molecular weight is 396 g/mol. The third-order valence-corrected chi connectivity index (χ3v) is 5.00. The number of hydrogen-bond donors (Lipinski definition) is 1. The topological polar surface area (TPSA) is 69.4 Å². The van der Waals surface area contributed by atoms with E-state index >= 15 is 0 Å². The molecule has 0 aliphatic rings. The Morgan fingerprint density at radius 1 is 1.00 bits per heavy atom. The number of aromatic nitrogens is 2. The number of hydrogen-bond acceptors (Lipinski definition) is 6. The van der Waals surface area contributed by atoms with Gasteiger partial charge in [0, 0.05) is 11.6 Å². The lowest BCUT2D eigenvalue weighted by Crippen LogP contribution is -2.25. The molecule has 0 saturated carbocycles. The van der Waals surface area contributed by atoms with Gasteiger partial charge in [0.25, 0.3) is 0 Å². The van der Waals surface area contributed by atoms with Gasteiger partial charge < -0.3 is 19.3 Å². The molecule has 0 aliphatic carbocycles. The first-order valence-electron chi connectivity index (χ1n) is 9.92. The Bertz CT molecular complexity index is 919. The standard InChI is InChI=1S/C23H29N3O3/c1-6-16-7-9-17(10-8-16)22(15(2)3)24-14-21-25-23(26-29-21)18-11-12-19(27-4)20(13-18)28-5/h7-13,15,22,24H,6,14H2,1-5H3. The smallest absolute Gasteiger partial charge is 0.240 e. The summed E-state index contributed by atoms with van der Waals surface area (Å²) in [5.41, 5.74) is 3.41. The third-order valence-electron chi connectivity index (χ3n) is 5.00. The molecule has 0 bridgehead atoms. The highest BCUT2D eigenvalue weighted by Crippen LogP contribution is 2.31. The maximum absolute atomic E-state index is 5.46. The van der Waals surface area contributed by atoms with E-state index in [-0.39, 0.29) is 6.04 Å². The summed E-state index contributed by atoms with van der Waals surface area (Å²) in [5.74, 6) is 2.79. The second kappa shape index (κ2) is 9.56. The number of ether oxygens (including phenoxy) is 2. The van der Waals surface area contributed by atoms with Gasteiger partial charge in [0.1, 0.15) is 0 Å². The van der Waals surface area contributed by atoms with Gasteiger partial charge in [-0.2, -0.15) is 4.98 Å². The lowest BCUT2D eigenvalue weighted by Gasteiger charge is -2.22. The molecule has 6 heteroatoms. The van der Waals surface area contributed by atoms with E-state index in [4.69, 9.17) is 14.0 Å². The monoisotopic (exact) mass is 395 g/mol. The van der Waals surface area contributed by atoms with E-state index in [0.29, 0.717) is 35.7 Å². The molecule has 1 aromatic heterocycles. The summed E-state index contributed by atoms with van der Waals surface area (Å²) in [4.78, 5) is 4.53. The first kappa shape index (κ1) is 20.9. The van der Waals surface area contributed by atoms with Gasteiger partial charge in [-0.05, 0) is 41.7 Å². The van der Waals surface area contributed by atoms with Crippen LogP contribution in [0.1, 0.15) is 43.8 Å². The lowest BCUT2D eigenvalue weighted by molar-refractivity contribution is 0.337. The molecule has 1 unspecified atom stereocenters. The van der Waals surface area contributed by atoms with Crippen molar-refractivity contribution in [3.8, 4) is 22.9 Å². The van der Waals surface area contributed by atoms with Crippen molar-refractivity contribution in [1.29, 1.82) is 0 Å². The maximum Gasteiger partial charge on any atom is 0.240 e. The first-order chi connectivity index (χ1) is 14.0. The molecule has 29 heavy (non-hydrogen) atoms. The first-order valence-corrected chi connectivity index (χ1v) is 9.92. The number of nitrogens with one attached hydrogen (secondary N) is 1. The van der Waals surface area contributed by atoms with E-state index in [2.05, 4.69) is 60.5 Å². The zero-order valence-electron chi connectivity index (χ0n) is 17.7. The zero-order valence-corrected chi connectivity index (χ0v) is 17.7. The third kappa shape index (κ3) is 4.95. The van der Waals surface area contributed by atoms with Crippen LogP contribution < -0.4 is 14.8 Å². The van der Waals surface area contributed by atoms with Gasteiger partial charge in [-0.1, -0.05) is 50.2 Å². The normalized spacial score (nSPS) is 12.2. The maximum atomic E-state index is 5.46. The number of nitrogens with zero attached hydrogens (tertiary/aromatic N) is 2. The van der Waals surface area contributed by atoms with Crippen LogP contribution in [-0.2, 0) is 13.0 Å². The molecular weight excluding hydrogens is 366 g/mol. The van der Waals surface area contributed by atoms with Gasteiger partial charge in [0.2, 0.25) is 11.7 Å². The molecule has 0 spiro atoms. The highest BCUT2D eigenvalue weighted by Gasteiger charge is 2.18. The molecule has 0 amide bonds. The molecule has 1 atom stereocenters. The van der Waals surface area contributed by atoms with Crippen molar-refractivity contribution in [1.82, 2.24) is 15.5 Å². The molecule has 0 saturated heterocycles. The Morgan fingerprint density at radius 2 is 1.72 bits per heavy atom. The Hall–Kier alpha value is -2.86. The van der Waals surface area contributed by atoms with Crippen molar-refractivity contribution in [3.63, 3.8) is 0 Å². The van der Waals surface area contributed by atoms with E-state index in [1.54, 1.807) is 14.2 Å². The van der Waals surface area contributed by atoms with Crippen molar-refractivity contribution >= 4 is 0 Å². The molecule has 3 aromatic rings. The van der Waals surface area contributed by atoms with Gasteiger partial charge in [0.05, 0.1) is 20.8 Å². The Balaban J connectivity index is 1.71. The average Bonchev–Trinajstić information content (AvgIpc) is 3.22. The lowest BCUT2D eigenvalue weighted by atomic mass is 9.95. The fourth-order valence-corrected chi connectivity index (χ4v) is 3.32. The quantitative estimate of drug-likeness (QED) is 0.561.